The molecule has 0 saturated heterocycles. The highest BCUT2D eigenvalue weighted by atomic mass is 16.5. The van der Waals surface area contributed by atoms with Gasteiger partial charge in [0.15, 0.2) is 0 Å². The van der Waals surface area contributed by atoms with Crippen molar-refractivity contribution < 1.29 is 4.74 Å². The van der Waals surface area contributed by atoms with Crippen molar-refractivity contribution in [2.45, 2.75) is 45.3 Å². The van der Waals surface area contributed by atoms with Gasteiger partial charge in [0, 0.05) is 6.04 Å². The number of allylic oxidation sites excluding steroid dienone is 1. The molecule has 1 unspecified atom stereocenters. The Hall–Kier alpha value is -1.71. The maximum absolute atomic E-state index is 5.84. The van der Waals surface area contributed by atoms with Crippen LogP contribution in [-0.2, 0) is 0 Å². The summed E-state index contributed by atoms with van der Waals surface area (Å²) < 4.78 is 5.58. The smallest absolute Gasteiger partial charge is 0.239 e. The molecule has 98 valence electrons. The molecule has 4 heteroatoms. The topological polar surface area (TPSA) is 60.2 Å². The Morgan fingerprint density at radius 2 is 2.22 bits per heavy atom. The largest absolute Gasteiger partial charge is 0.473 e. The molecule has 4 nitrogen and oxygen atoms in total. The van der Waals surface area contributed by atoms with Gasteiger partial charge in [0.05, 0.1) is 11.8 Å². The van der Waals surface area contributed by atoms with E-state index in [2.05, 4.69) is 22.5 Å². The molecule has 1 aromatic heterocycles. The molecule has 0 fully saturated rings. The standard InChI is InChI=1S/C14H21N3O/c1-10(2)18-14-12(15)8-9-13(17-14)16-11-6-4-3-5-7-11/h3-4,8-11H,5-7,15H2,1-2H3,(H,16,17). The van der Waals surface area contributed by atoms with E-state index in [9.17, 15) is 0 Å². The van der Waals surface area contributed by atoms with E-state index >= 15 is 0 Å². The number of nitrogens with zero attached hydrogens (tertiary/aromatic N) is 1. The maximum Gasteiger partial charge on any atom is 0.239 e. The zero-order valence-corrected chi connectivity index (χ0v) is 11.0. The van der Waals surface area contributed by atoms with Gasteiger partial charge in [-0.2, -0.15) is 4.98 Å². The zero-order chi connectivity index (χ0) is 13.0. The number of nitrogens with two attached hydrogens (primary N) is 1. The Labute approximate surface area is 108 Å². The fraction of sp³-hybridized carbons (Fsp3) is 0.500. The van der Waals surface area contributed by atoms with Crippen molar-refractivity contribution in [2.75, 3.05) is 11.1 Å². The molecular formula is C14H21N3O. The summed E-state index contributed by atoms with van der Waals surface area (Å²) in [5, 5.41) is 3.42. The normalized spacial score (nSPS) is 18.9. The maximum atomic E-state index is 5.84. The van der Waals surface area contributed by atoms with Crippen LogP contribution < -0.4 is 15.8 Å². The second-order valence-electron chi connectivity index (χ2n) is 4.88. The molecule has 1 aliphatic rings. The molecule has 1 heterocycles. The summed E-state index contributed by atoms with van der Waals surface area (Å²) in [5.41, 5.74) is 6.43. The minimum Gasteiger partial charge on any atom is -0.473 e. The first kappa shape index (κ1) is 12.7. The lowest BCUT2D eigenvalue weighted by atomic mass is 10.0. The Bertz CT molecular complexity index is 429. The lowest BCUT2D eigenvalue weighted by Crippen LogP contribution is -2.21. The lowest BCUT2D eigenvalue weighted by molar-refractivity contribution is 0.234. The molecule has 1 aliphatic carbocycles. The number of aromatic nitrogens is 1. The van der Waals surface area contributed by atoms with E-state index in [0.717, 1.165) is 25.1 Å². The van der Waals surface area contributed by atoms with Crippen LogP contribution in [0, 0.1) is 0 Å². The van der Waals surface area contributed by atoms with E-state index in [1.807, 2.05) is 26.0 Å². The Morgan fingerprint density at radius 3 is 2.89 bits per heavy atom. The van der Waals surface area contributed by atoms with Crippen LogP contribution in [0.25, 0.3) is 0 Å². The quantitative estimate of drug-likeness (QED) is 0.803. The molecule has 1 atom stereocenters. The number of nitrogens with one attached hydrogen (secondary N) is 1. The highest BCUT2D eigenvalue weighted by Crippen LogP contribution is 2.23. The van der Waals surface area contributed by atoms with Gasteiger partial charge in [-0.1, -0.05) is 12.2 Å². The molecule has 0 aromatic carbocycles. The first-order valence-electron chi connectivity index (χ1n) is 6.50. The summed E-state index contributed by atoms with van der Waals surface area (Å²) in [6.45, 7) is 3.93. The van der Waals surface area contributed by atoms with E-state index < -0.39 is 0 Å². The van der Waals surface area contributed by atoms with Gasteiger partial charge in [-0.05, 0) is 45.2 Å². The molecule has 0 spiro atoms. The fourth-order valence-corrected chi connectivity index (χ4v) is 1.98. The second-order valence-corrected chi connectivity index (χ2v) is 4.88. The number of nitrogen functional groups attached to an aromatic ring is 1. The van der Waals surface area contributed by atoms with Crippen LogP contribution in [-0.4, -0.2) is 17.1 Å². The predicted octanol–water partition coefficient (Wildman–Crippen LogP) is 2.97. The molecule has 0 radical (unpaired) electrons. The Kier molecular flexibility index (Phi) is 4.07. The lowest BCUT2D eigenvalue weighted by Gasteiger charge is -2.20. The van der Waals surface area contributed by atoms with Crippen LogP contribution in [0.5, 0.6) is 5.88 Å². The van der Waals surface area contributed by atoms with Gasteiger partial charge in [-0.15, -0.1) is 0 Å². The third-order valence-electron chi connectivity index (χ3n) is 2.86. The summed E-state index contributed by atoms with van der Waals surface area (Å²) >= 11 is 0. The number of anilines is 2. The van der Waals surface area contributed by atoms with Gasteiger partial charge in [0.1, 0.15) is 5.82 Å². The average Bonchev–Trinajstić information content (AvgIpc) is 2.34. The highest BCUT2D eigenvalue weighted by molar-refractivity contribution is 5.54. The molecule has 0 aliphatic heterocycles. The van der Waals surface area contributed by atoms with E-state index in [0.29, 0.717) is 17.6 Å². The molecule has 0 amide bonds. The van der Waals surface area contributed by atoms with Crippen molar-refractivity contribution in [1.82, 2.24) is 4.98 Å². The SMILES string of the molecule is CC(C)Oc1nc(NC2CC=CCC2)ccc1N. The van der Waals surface area contributed by atoms with Crippen molar-refractivity contribution in [1.29, 1.82) is 0 Å². The monoisotopic (exact) mass is 247 g/mol. The van der Waals surface area contributed by atoms with Crippen LogP contribution in [0.1, 0.15) is 33.1 Å². The van der Waals surface area contributed by atoms with Gasteiger partial charge in [0.2, 0.25) is 5.88 Å². The molecule has 0 bridgehead atoms. The summed E-state index contributed by atoms with van der Waals surface area (Å²) in [7, 11) is 0. The molecule has 1 aromatic rings. The average molecular weight is 247 g/mol. The minimum absolute atomic E-state index is 0.0765. The van der Waals surface area contributed by atoms with Crippen LogP contribution in [0.4, 0.5) is 11.5 Å². The molecule has 2 rings (SSSR count). The molecule has 0 saturated carbocycles. The van der Waals surface area contributed by atoms with Gasteiger partial charge >= 0.3 is 0 Å². The number of ether oxygens (including phenoxy) is 1. The van der Waals surface area contributed by atoms with E-state index in [1.165, 1.54) is 0 Å². The van der Waals surface area contributed by atoms with Gasteiger partial charge in [-0.25, -0.2) is 0 Å². The summed E-state index contributed by atoms with van der Waals surface area (Å²) in [6, 6.07) is 4.20. The van der Waals surface area contributed by atoms with Crippen molar-refractivity contribution in [3.05, 3.63) is 24.3 Å². The first-order chi connectivity index (χ1) is 8.65. The third kappa shape index (κ3) is 3.39. The summed E-state index contributed by atoms with van der Waals surface area (Å²) in [4.78, 5) is 4.42. The first-order valence-corrected chi connectivity index (χ1v) is 6.50. The number of hydrogen-bond donors (Lipinski definition) is 2. The van der Waals surface area contributed by atoms with Crippen LogP contribution in [0.15, 0.2) is 24.3 Å². The van der Waals surface area contributed by atoms with E-state index in [1.54, 1.807) is 0 Å². The van der Waals surface area contributed by atoms with Crippen LogP contribution in [0.3, 0.4) is 0 Å². The predicted molar refractivity (Wildman–Crippen MR) is 74.8 cm³/mol. The van der Waals surface area contributed by atoms with Crippen LogP contribution in [0.2, 0.25) is 0 Å². The summed E-state index contributed by atoms with van der Waals surface area (Å²) in [5.74, 6) is 1.35. The van der Waals surface area contributed by atoms with Crippen molar-refractivity contribution in [3.8, 4) is 5.88 Å². The van der Waals surface area contributed by atoms with Gasteiger partial charge in [0.25, 0.3) is 0 Å². The third-order valence-corrected chi connectivity index (χ3v) is 2.86. The van der Waals surface area contributed by atoms with Crippen molar-refractivity contribution in [3.63, 3.8) is 0 Å². The molecular weight excluding hydrogens is 226 g/mol. The second kappa shape index (κ2) is 5.76. The van der Waals surface area contributed by atoms with Crippen LogP contribution >= 0.6 is 0 Å². The fourth-order valence-electron chi connectivity index (χ4n) is 1.98. The molecule has 18 heavy (non-hydrogen) atoms. The molecule has 3 N–H and O–H groups in total. The van der Waals surface area contributed by atoms with Crippen molar-refractivity contribution >= 4 is 11.5 Å². The van der Waals surface area contributed by atoms with E-state index in [4.69, 9.17) is 10.5 Å². The number of pyridine rings is 1. The Morgan fingerprint density at radius 1 is 1.39 bits per heavy atom. The van der Waals surface area contributed by atoms with Gasteiger partial charge in [-0.3, -0.25) is 0 Å². The van der Waals surface area contributed by atoms with Gasteiger partial charge < -0.3 is 15.8 Å². The highest BCUT2D eigenvalue weighted by Gasteiger charge is 2.12. The summed E-state index contributed by atoms with van der Waals surface area (Å²) in [6.07, 6.45) is 7.83. The Balaban J connectivity index is 2.06. The number of hydrogen-bond acceptors (Lipinski definition) is 4. The number of rotatable bonds is 4. The van der Waals surface area contributed by atoms with E-state index in [-0.39, 0.29) is 6.10 Å². The minimum atomic E-state index is 0.0765. The zero-order valence-electron chi connectivity index (χ0n) is 11.0. The van der Waals surface area contributed by atoms with Crippen molar-refractivity contribution in [2.24, 2.45) is 0 Å².